The average molecular weight is 310 g/mol. The number of nitrogens with one attached hydrogen (secondary N) is 1. The predicted molar refractivity (Wildman–Crippen MR) is 85.5 cm³/mol. The lowest BCUT2D eigenvalue weighted by atomic mass is 9.63. The number of halogens is 1. The Hall–Kier alpha value is -1.06. The fraction of sp³-hybridized carbons (Fsp3) is 0.588. The summed E-state index contributed by atoms with van der Waals surface area (Å²) in [7, 11) is 0. The Kier molecular flexibility index (Phi) is 5.65. The third kappa shape index (κ3) is 3.58. The Morgan fingerprint density at radius 2 is 2.24 bits per heavy atom. The first-order valence-electron chi connectivity index (χ1n) is 7.77. The number of aliphatic hydroxyl groups is 1. The van der Waals surface area contributed by atoms with Gasteiger partial charge in [-0.1, -0.05) is 43.5 Å². The molecule has 0 radical (unpaired) electrons. The molecule has 1 unspecified atom stereocenters. The maximum atomic E-state index is 12.7. The van der Waals surface area contributed by atoms with Gasteiger partial charge >= 0.3 is 0 Å². The van der Waals surface area contributed by atoms with Crippen molar-refractivity contribution in [1.29, 1.82) is 0 Å². The molecule has 116 valence electrons. The van der Waals surface area contributed by atoms with Crippen molar-refractivity contribution in [3.63, 3.8) is 0 Å². The van der Waals surface area contributed by atoms with Crippen molar-refractivity contribution in [2.24, 2.45) is 5.92 Å². The first kappa shape index (κ1) is 16.3. The van der Waals surface area contributed by atoms with E-state index < -0.39 is 5.41 Å². The summed E-state index contributed by atoms with van der Waals surface area (Å²) in [6.07, 6.45) is 4.55. The van der Waals surface area contributed by atoms with E-state index >= 15 is 0 Å². The maximum absolute atomic E-state index is 12.7. The molecule has 1 fully saturated rings. The average Bonchev–Trinajstić information content (AvgIpc) is 2.42. The minimum Gasteiger partial charge on any atom is -0.396 e. The minimum absolute atomic E-state index is 0.104. The van der Waals surface area contributed by atoms with Crippen molar-refractivity contribution in [3.8, 4) is 0 Å². The largest absolute Gasteiger partial charge is 0.396 e. The van der Waals surface area contributed by atoms with Gasteiger partial charge in [-0.25, -0.2) is 0 Å². The summed E-state index contributed by atoms with van der Waals surface area (Å²) in [5, 5.41) is 12.8. The van der Waals surface area contributed by atoms with Crippen LogP contribution >= 0.6 is 11.6 Å². The number of carbonyl (C=O) groups is 1. The van der Waals surface area contributed by atoms with Crippen LogP contribution in [0.1, 0.15) is 44.6 Å². The van der Waals surface area contributed by atoms with E-state index in [1.807, 2.05) is 24.3 Å². The highest BCUT2D eigenvalue weighted by molar-refractivity contribution is 6.30. The zero-order valence-corrected chi connectivity index (χ0v) is 13.3. The van der Waals surface area contributed by atoms with E-state index in [-0.39, 0.29) is 12.5 Å². The molecule has 3 nitrogen and oxygen atoms in total. The van der Waals surface area contributed by atoms with Crippen molar-refractivity contribution in [2.45, 2.75) is 44.4 Å². The van der Waals surface area contributed by atoms with E-state index in [9.17, 15) is 4.79 Å². The summed E-state index contributed by atoms with van der Waals surface area (Å²) in [5.74, 6) is 0.447. The molecule has 0 spiro atoms. The number of amides is 1. The van der Waals surface area contributed by atoms with Crippen molar-refractivity contribution >= 4 is 17.5 Å². The van der Waals surface area contributed by atoms with Crippen LogP contribution in [0.5, 0.6) is 0 Å². The molecule has 1 atom stereocenters. The molecule has 21 heavy (non-hydrogen) atoms. The summed E-state index contributed by atoms with van der Waals surface area (Å²) < 4.78 is 0. The number of aliphatic hydroxyl groups excluding tert-OH is 1. The van der Waals surface area contributed by atoms with Gasteiger partial charge in [-0.2, -0.15) is 0 Å². The highest BCUT2D eigenvalue weighted by Gasteiger charge is 2.45. The summed E-state index contributed by atoms with van der Waals surface area (Å²) in [5.41, 5.74) is 0.622. The molecule has 2 rings (SSSR count). The van der Waals surface area contributed by atoms with Crippen LogP contribution in [-0.4, -0.2) is 24.2 Å². The summed E-state index contributed by atoms with van der Waals surface area (Å²) in [4.78, 5) is 12.7. The van der Waals surface area contributed by atoms with Crippen LogP contribution in [0.4, 0.5) is 0 Å². The fourth-order valence-electron chi connectivity index (χ4n) is 3.00. The lowest BCUT2D eigenvalue weighted by Crippen LogP contribution is -2.50. The summed E-state index contributed by atoms with van der Waals surface area (Å²) in [6.45, 7) is 2.90. The van der Waals surface area contributed by atoms with Gasteiger partial charge in [0.15, 0.2) is 0 Å². The fourth-order valence-corrected chi connectivity index (χ4v) is 3.19. The molecular weight excluding hydrogens is 286 g/mol. The van der Waals surface area contributed by atoms with E-state index in [2.05, 4.69) is 12.2 Å². The van der Waals surface area contributed by atoms with E-state index in [0.717, 1.165) is 37.7 Å². The highest BCUT2D eigenvalue weighted by Crippen LogP contribution is 2.44. The molecule has 4 heteroatoms. The van der Waals surface area contributed by atoms with Crippen molar-refractivity contribution < 1.29 is 9.90 Å². The Balaban J connectivity index is 2.05. The van der Waals surface area contributed by atoms with Gasteiger partial charge in [0.2, 0.25) is 5.91 Å². The van der Waals surface area contributed by atoms with E-state index in [1.54, 1.807) is 0 Å². The number of hydrogen-bond acceptors (Lipinski definition) is 2. The van der Waals surface area contributed by atoms with Gasteiger partial charge < -0.3 is 10.4 Å². The zero-order valence-electron chi connectivity index (χ0n) is 12.6. The van der Waals surface area contributed by atoms with Gasteiger partial charge in [-0.15, -0.1) is 0 Å². The van der Waals surface area contributed by atoms with Gasteiger partial charge in [-0.05, 0) is 42.9 Å². The van der Waals surface area contributed by atoms with Crippen LogP contribution in [-0.2, 0) is 10.2 Å². The number of benzene rings is 1. The minimum atomic E-state index is -0.400. The molecular formula is C17H24ClNO2. The van der Waals surface area contributed by atoms with E-state index in [4.69, 9.17) is 16.7 Å². The third-order valence-electron chi connectivity index (χ3n) is 4.68. The summed E-state index contributed by atoms with van der Waals surface area (Å²) in [6, 6.07) is 7.65. The topological polar surface area (TPSA) is 49.3 Å². The first-order chi connectivity index (χ1) is 10.1. The molecule has 0 aliphatic heterocycles. The Morgan fingerprint density at radius 3 is 2.76 bits per heavy atom. The van der Waals surface area contributed by atoms with E-state index in [0.29, 0.717) is 17.5 Å². The van der Waals surface area contributed by atoms with Crippen LogP contribution in [0.2, 0.25) is 5.02 Å². The standard InChI is InChI=1S/C17H24ClNO2/c1-2-13(7-10-20)12-19-16(21)17(8-4-9-17)14-5-3-6-15(18)11-14/h3,5-6,11,13,20H,2,4,7-10,12H2,1H3,(H,19,21). The molecule has 1 aromatic carbocycles. The predicted octanol–water partition coefficient (Wildman–Crippen LogP) is 3.29. The smallest absolute Gasteiger partial charge is 0.230 e. The van der Waals surface area contributed by atoms with Crippen molar-refractivity contribution in [1.82, 2.24) is 5.32 Å². The quantitative estimate of drug-likeness (QED) is 0.812. The monoisotopic (exact) mass is 309 g/mol. The van der Waals surface area contributed by atoms with Crippen molar-refractivity contribution in [3.05, 3.63) is 34.9 Å². The lowest BCUT2D eigenvalue weighted by Gasteiger charge is -2.41. The van der Waals surface area contributed by atoms with E-state index in [1.165, 1.54) is 0 Å². The number of carbonyl (C=O) groups excluding carboxylic acids is 1. The molecule has 1 aliphatic rings. The SMILES string of the molecule is CCC(CCO)CNC(=O)C1(c2cccc(Cl)c2)CCC1. The second kappa shape index (κ2) is 7.28. The normalized spacial score (nSPS) is 17.9. The Labute approximate surface area is 131 Å². The first-order valence-corrected chi connectivity index (χ1v) is 8.15. The zero-order chi connectivity index (χ0) is 15.3. The van der Waals surface area contributed by atoms with Gasteiger partial charge in [0, 0.05) is 18.2 Å². The Bertz CT molecular complexity index is 485. The molecule has 1 aliphatic carbocycles. The molecule has 0 bridgehead atoms. The number of hydrogen-bond donors (Lipinski definition) is 2. The summed E-state index contributed by atoms with van der Waals surface area (Å²) >= 11 is 6.07. The van der Waals surface area contributed by atoms with Crippen molar-refractivity contribution in [2.75, 3.05) is 13.2 Å². The molecule has 1 saturated carbocycles. The molecule has 0 saturated heterocycles. The van der Waals surface area contributed by atoms with Gasteiger partial charge in [-0.3, -0.25) is 4.79 Å². The van der Waals surface area contributed by atoms with Crippen LogP contribution in [0.3, 0.4) is 0 Å². The second-order valence-electron chi connectivity index (χ2n) is 5.94. The second-order valence-corrected chi connectivity index (χ2v) is 6.38. The van der Waals surface area contributed by atoms with Crippen LogP contribution < -0.4 is 5.32 Å². The Morgan fingerprint density at radius 1 is 1.48 bits per heavy atom. The third-order valence-corrected chi connectivity index (χ3v) is 4.92. The number of rotatable bonds is 7. The molecule has 1 aromatic rings. The molecule has 0 aromatic heterocycles. The molecule has 1 amide bonds. The molecule has 0 heterocycles. The molecule has 2 N–H and O–H groups in total. The maximum Gasteiger partial charge on any atom is 0.230 e. The van der Waals surface area contributed by atoms with Gasteiger partial charge in [0.05, 0.1) is 5.41 Å². The van der Waals surface area contributed by atoms with Crippen LogP contribution in [0.15, 0.2) is 24.3 Å². The van der Waals surface area contributed by atoms with Crippen LogP contribution in [0.25, 0.3) is 0 Å². The lowest BCUT2D eigenvalue weighted by molar-refractivity contribution is -0.130. The van der Waals surface area contributed by atoms with Crippen LogP contribution in [0, 0.1) is 5.92 Å². The van der Waals surface area contributed by atoms with Gasteiger partial charge in [0.25, 0.3) is 0 Å². The highest BCUT2D eigenvalue weighted by atomic mass is 35.5. The van der Waals surface area contributed by atoms with Gasteiger partial charge in [0.1, 0.15) is 0 Å².